The quantitative estimate of drug-likeness (QED) is 0.446. The van der Waals surface area contributed by atoms with Crippen LogP contribution in [0.15, 0.2) is 24.3 Å². The van der Waals surface area contributed by atoms with Crippen LogP contribution in [0.4, 0.5) is 10.5 Å². The lowest BCUT2D eigenvalue weighted by Crippen LogP contribution is -2.46. The number of nitro benzene ring substituents is 1. The zero-order valence-electron chi connectivity index (χ0n) is 15.8. The van der Waals surface area contributed by atoms with E-state index in [0.29, 0.717) is 12.8 Å². The molecule has 1 amide bonds. The lowest BCUT2D eigenvalue weighted by molar-refractivity contribution is -0.384. The second kappa shape index (κ2) is 9.17. The molecule has 1 aromatic carbocycles. The van der Waals surface area contributed by atoms with E-state index in [1.54, 1.807) is 20.8 Å². The number of carbonyl (C=O) groups is 2. The fourth-order valence-electron chi connectivity index (χ4n) is 2.29. The number of alkyl carbamates (subject to hydrolysis) is 1. The largest absolute Gasteiger partial charge is 0.457 e. The summed E-state index contributed by atoms with van der Waals surface area (Å²) in [5, 5.41) is 13.4. The number of nitrogens with zero attached hydrogens (tertiary/aromatic N) is 1. The normalized spacial score (nSPS) is 13.4. The zero-order valence-corrected chi connectivity index (χ0v) is 15.8. The number of ether oxygens (including phenoxy) is 2. The molecule has 26 heavy (non-hydrogen) atoms. The van der Waals surface area contributed by atoms with Crippen molar-refractivity contribution in [1.29, 1.82) is 0 Å². The van der Waals surface area contributed by atoms with Gasteiger partial charge in [-0.2, -0.15) is 0 Å². The van der Waals surface area contributed by atoms with E-state index in [1.807, 2.05) is 13.8 Å². The molecular weight excluding hydrogens is 340 g/mol. The topological polar surface area (TPSA) is 108 Å². The van der Waals surface area contributed by atoms with Gasteiger partial charge in [0.25, 0.3) is 5.69 Å². The van der Waals surface area contributed by atoms with E-state index in [0.717, 1.165) is 0 Å². The molecule has 2 unspecified atom stereocenters. The summed E-state index contributed by atoms with van der Waals surface area (Å²) in [6, 6.07) is 4.77. The third-order valence-electron chi connectivity index (χ3n) is 3.57. The van der Waals surface area contributed by atoms with E-state index in [1.165, 1.54) is 24.3 Å². The maximum Gasteiger partial charge on any atom is 0.408 e. The average molecular weight is 366 g/mol. The standard InChI is InChI=1S/C18H26N2O6/c1-6-14(19-17(22)26-18(3,4)5)15(7-2)25-16(21)12-8-10-13(11-9-12)20(23)24/h8-11,14-15H,6-7H2,1-5H3,(H,19,22). The third kappa shape index (κ3) is 6.70. The van der Waals surface area contributed by atoms with E-state index in [2.05, 4.69) is 5.32 Å². The van der Waals surface area contributed by atoms with Crippen LogP contribution in [-0.2, 0) is 9.47 Å². The number of rotatable bonds is 7. The van der Waals surface area contributed by atoms with Crippen molar-refractivity contribution in [2.45, 2.75) is 65.2 Å². The monoisotopic (exact) mass is 366 g/mol. The second-order valence-corrected chi connectivity index (χ2v) is 6.82. The second-order valence-electron chi connectivity index (χ2n) is 6.82. The minimum atomic E-state index is -0.625. The molecule has 0 aliphatic carbocycles. The van der Waals surface area contributed by atoms with Crippen LogP contribution in [0, 0.1) is 10.1 Å². The Morgan fingerprint density at radius 1 is 1.15 bits per heavy atom. The predicted octanol–water partition coefficient (Wildman–Crippen LogP) is 3.83. The highest BCUT2D eigenvalue weighted by Gasteiger charge is 2.27. The first-order valence-corrected chi connectivity index (χ1v) is 8.52. The van der Waals surface area contributed by atoms with Gasteiger partial charge >= 0.3 is 12.1 Å². The fourth-order valence-corrected chi connectivity index (χ4v) is 2.29. The Kier molecular flexibility index (Phi) is 7.55. The van der Waals surface area contributed by atoms with Crippen LogP contribution in [0.25, 0.3) is 0 Å². The maximum absolute atomic E-state index is 12.3. The summed E-state index contributed by atoms with van der Waals surface area (Å²) in [6.07, 6.45) is -0.0809. The van der Waals surface area contributed by atoms with Gasteiger partial charge in [0.15, 0.2) is 0 Å². The van der Waals surface area contributed by atoms with Crippen molar-refractivity contribution in [3.05, 3.63) is 39.9 Å². The van der Waals surface area contributed by atoms with Gasteiger partial charge in [0, 0.05) is 12.1 Å². The van der Waals surface area contributed by atoms with Crippen molar-refractivity contribution < 1.29 is 24.0 Å². The minimum Gasteiger partial charge on any atom is -0.457 e. The Hall–Kier alpha value is -2.64. The molecule has 1 rings (SSSR count). The maximum atomic E-state index is 12.3. The molecule has 0 saturated carbocycles. The molecule has 0 radical (unpaired) electrons. The summed E-state index contributed by atoms with van der Waals surface area (Å²) in [7, 11) is 0. The van der Waals surface area contributed by atoms with Crippen molar-refractivity contribution in [2.75, 3.05) is 0 Å². The highest BCUT2D eigenvalue weighted by atomic mass is 16.6. The fraction of sp³-hybridized carbons (Fsp3) is 0.556. The molecule has 1 aromatic rings. The van der Waals surface area contributed by atoms with Crippen LogP contribution in [0.1, 0.15) is 57.8 Å². The molecule has 0 aromatic heterocycles. The van der Waals surface area contributed by atoms with Crippen molar-refractivity contribution in [2.24, 2.45) is 0 Å². The van der Waals surface area contributed by atoms with Crippen molar-refractivity contribution in [1.82, 2.24) is 5.32 Å². The zero-order chi connectivity index (χ0) is 19.9. The molecule has 0 heterocycles. The Morgan fingerprint density at radius 2 is 1.73 bits per heavy atom. The van der Waals surface area contributed by atoms with Crippen LogP contribution in [-0.4, -0.2) is 34.7 Å². The molecule has 144 valence electrons. The van der Waals surface area contributed by atoms with Gasteiger partial charge in [-0.15, -0.1) is 0 Å². The van der Waals surface area contributed by atoms with Crippen LogP contribution in [0.2, 0.25) is 0 Å². The summed E-state index contributed by atoms with van der Waals surface area (Å²) in [5.74, 6) is -0.601. The summed E-state index contributed by atoms with van der Waals surface area (Å²) in [6.45, 7) is 9.00. The summed E-state index contributed by atoms with van der Waals surface area (Å²) >= 11 is 0. The molecule has 0 spiro atoms. The molecule has 1 N–H and O–H groups in total. The molecule has 0 bridgehead atoms. The lowest BCUT2D eigenvalue weighted by atomic mass is 10.1. The molecule has 0 aliphatic rings. The van der Waals surface area contributed by atoms with Crippen LogP contribution in [0.3, 0.4) is 0 Å². The SMILES string of the molecule is CCC(NC(=O)OC(C)(C)C)C(CC)OC(=O)c1ccc([N+](=O)[O-])cc1. The molecule has 0 fully saturated rings. The molecule has 0 aliphatic heterocycles. The number of non-ortho nitro benzene ring substituents is 1. The van der Waals surface area contributed by atoms with E-state index in [4.69, 9.17) is 9.47 Å². The van der Waals surface area contributed by atoms with Gasteiger partial charge in [0.2, 0.25) is 0 Å². The highest BCUT2D eigenvalue weighted by Crippen LogP contribution is 2.16. The van der Waals surface area contributed by atoms with Crippen LogP contribution < -0.4 is 5.32 Å². The first kappa shape index (κ1) is 21.4. The van der Waals surface area contributed by atoms with Gasteiger partial charge in [0.1, 0.15) is 11.7 Å². The van der Waals surface area contributed by atoms with Gasteiger partial charge in [-0.1, -0.05) is 13.8 Å². The Labute approximate surface area is 153 Å². The molecular formula is C18H26N2O6. The number of nitro groups is 1. The number of nitrogens with one attached hydrogen (secondary N) is 1. The van der Waals surface area contributed by atoms with Crippen molar-refractivity contribution >= 4 is 17.7 Å². The number of carbonyl (C=O) groups excluding carboxylic acids is 2. The number of hydrogen-bond donors (Lipinski definition) is 1. The van der Waals surface area contributed by atoms with Crippen LogP contribution in [0.5, 0.6) is 0 Å². The first-order chi connectivity index (χ1) is 12.1. The third-order valence-corrected chi connectivity index (χ3v) is 3.57. The smallest absolute Gasteiger partial charge is 0.408 e. The van der Waals surface area contributed by atoms with Crippen molar-refractivity contribution in [3.63, 3.8) is 0 Å². The lowest BCUT2D eigenvalue weighted by Gasteiger charge is -2.28. The van der Waals surface area contributed by atoms with E-state index < -0.39 is 34.7 Å². The Morgan fingerprint density at radius 3 is 2.15 bits per heavy atom. The predicted molar refractivity (Wildman–Crippen MR) is 96.0 cm³/mol. The number of benzene rings is 1. The molecule has 0 saturated heterocycles. The molecule has 8 heteroatoms. The highest BCUT2D eigenvalue weighted by molar-refractivity contribution is 5.89. The van der Waals surface area contributed by atoms with Gasteiger partial charge in [-0.05, 0) is 45.7 Å². The van der Waals surface area contributed by atoms with Gasteiger partial charge in [-0.25, -0.2) is 9.59 Å². The Bertz CT molecular complexity index is 636. The van der Waals surface area contributed by atoms with Gasteiger partial charge in [0.05, 0.1) is 16.5 Å². The van der Waals surface area contributed by atoms with Crippen LogP contribution >= 0.6 is 0 Å². The van der Waals surface area contributed by atoms with Crippen molar-refractivity contribution in [3.8, 4) is 0 Å². The summed E-state index contributed by atoms with van der Waals surface area (Å²) in [4.78, 5) is 34.4. The number of amides is 1. The number of esters is 1. The Balaban J connectivity index is 2.77. The minimum absolute atomic E-state index is 0.105. The van der Waals surface area contributed by atoms with E-state index >= 15 is 0 Å². The first-order valence-electron chi connectivity index (χ1n) is 8.52. The molecule has 2 atom stereocenters. The summed E-state index contributed by atoms with van der Waals surface area (Å²) in [5.41, 5.74) is -0.521. The van der Waals surface area contributed by atoms with E-state index in [-0.39, 0.29) is 11.3 Å². The molecule has 8 nitrogen and oxygen atoms in total. The summed E-state index contributed by atoms with van der Waals surface area (Å²) < 4.78 is 10.7. The van der Waals surface area contributed by atoms with Gasteiger partial charge < -0.3 is 14.8 Å². The van der Waals surface area contributed by atoms with Gasteiger partial charge in [-0.3, -0.25) is 10.1 Å². The number of hydrogen-bond acceptors (Lipinski definition) is 6. The van der Waals surface area contributed by atoms with E-state index in [9.17, 15) is 19.7 Å². The average Bonchev–Trinajstić information content (AvgIpc) is 2.56.